The lowest BCUT2D eigenvalue weighted by molar-refractivity contribution is 0.0655. The molecular formula is C21H24N4O4. The van der Waals surface area contributed by atoms with Gasteiger partial charge in [0.2, 0.25) is 5.88 Å². The summed E-state index contributed by atoms with van der Waals surface area (Å²) in [6.45, 7) is 1.85. The Morgan fingerprint density at radius 2 is 2.03 bits per heavy atom. The molecule has 3 heterocycles. The Morgan fingerprint density at radius 1 is 1.28 bits per heavy atom. The van der Waals surface area contributed by atoms with Crippen LogP contribution in [0.25, 0.3) is 11.0 Å². The van der Waals surface area contributed by atoms with E-state index in [1.54, 1.807) is 24.0 Å². The number of carbonyl (C=O) groups excluding carboxylic acids is 2. The number of hydrogen-bond donors (Lipinski definition) is 1. The Kier molecular flexibility index (Phi) is 5.24. The van der Waals surface area contributed by atoms with E-state index in [-0.39, 0.29) is 11.8 Å². The second kappa shape index (κ2) is 7.98. The lowest BCUT2D eigenvalue weighted by atomic mass is 9.96. The second-order valence-electron chi connectivity index (χ2n) is 7.32. The third-order valence-electron chi connectivity index (χ3n) is 5.32. The highest BCUT2D eigenvalue weighted by Crippen LogP contribution is 2.23. The summed E-state index contributed by atoms with van der Waals surface area (Å²) in [6.07, 6.45) is 3.30. The fraction of sp³-hybridized carbons (Fsp3) is 0.381. The first-order valence-corrected chi connectivity index (χ1v) is 9.69. The average Bonchev–Trinajstić information content (AvgIpc) is 3.35. The van der Waals surface area contributed by atoms with Crippen LogP contribution >= 0.6 is 0 Å². The van der Waals surface area contributed by atoms with Crippen LogP contribution < -0.4 is 10.1 Å². The van der Waals surface area contributed by atoms with Gasteiger partial charge in [-0.2, -0.15) is 0 Å². The third kappa shape index (κ3) is 3.96. The van der Waals surface area contributed by atoms with Gasteiger partial charge in [0.15, 0.2) is 5.76 Å². The highest BCUT2D eigenvalue weighted by molar-refractivity contribution is 5.96. The van der Waals surface area contributed by atoms with Crippen LogP contribution in [-0.2, 0) is 7.05 Å². The van der Waals surface area contributed by atoms with Crippen molar-refractivity contribution >= 4 is 22.8 Å². The Labute approximate surface area is 168 Å². The number of piperidine rings is 1. The molecule has 1 N–H and O–H groups in total. The highest BCUT2D eigenvalue weighted by atomic mass is 16.5. The minimum Gasteiger partial charge on any atom is -0.479 e. The van der Waals surface area contributed by atoms with Crippen molar-refractivity contribution in [3.8, 4) is 5.88 Å². The number of para-hydroxylation sites is 1. The molecule has 2 aromatic heterocycles. The first-order chi connectivity index (χ1) is 14.0. The smallest absolute Gasteiger partial charge is 0.289 e. The lowest BCUT2D eigenvalue weighted by Gasteiger charge is -2.31. The predicted molar refractivity (Wildman–Crippen MR) is 107 cm³/mol. The fourth-order valence-electron chi connectivity index (χ4n) is 3.69. The van der Waals surface area contributed by atoms with Gasteiger partial charge in [0.1, 0.15) is 11.1 Å². The number of aryl methyl sites for hydroxylation is 1. The second-order valence-corrected chi connectivity index (χ2v) is 7.32. The maximum Gasteiger partial charge on any atom is 0.289 e. The van der Waals surface area contributed by atoms with Crippen molar-refractivity contribution in [1.82, 2.24) is 20.0 Å². The largest absolute Gasteiger partial charge is 0.479 e. The molecule has 4 rings (SSSR count). The molecule has 8 heteroatoms. The molecule has 2 amide bonds. The van der Waals surface area contributed by atoms with E-state index in [0.29, 0.717) is 42.8 Å². The van der Waals surface area contributed by atoms with Crippen LogP contribution in [0.4, 0.5) is 0 Å². The van der Waals surface area contributed by atoms with Crippen LogP contribution in [0.3, 0.4) is 0 Å². The van der Waals surface area contributed by atoms with Crippen molar-refractivity contribution in [1.29, 1.82) is 0 Å². The average molecular weight is 396 g/mol. The molecule has 1 aromatic carbocycles. The molecule has 29 heavy (non-hydrogen) atoms. The molecule has 152 valence electrons. The topological polar surface area (TPSA) is 89.6 Å². The number of nitrogens with zero attached hydrogens (tertiary/aromatic N) is 3. The Balaban J connectivity index is 1.30. The van der Waals surface area contributed by atoms with E-state index in [1.165, 1.54) is 7.11 Å². The molecule has 0 radical (unpaired) electrons. The molecule has 1 aliphatic rings. The van der Waals surface area contributed by atoms with Gasteiger partial charge in [-0.15, -0.1) is 5.10 Å². The normalized spacial score (nSPS) is 14.9. The van der Waals surface area contributed by atoms with E-state index in [0.717, 1.165) is 23.8 Å². The standard InChI is InChI=1S/C21H24N4O4/c1-24-13-16(20(23-24)28-2)19(26)22-12-14-7-9-25(10-8-14)21(27)18-11-15-5-3-4-6-17(15)29-18/h3-6,11,13-14H,7-10,12H2,1-2H3,(H,22,26). The van der Waals surface area contributed by atoms with Crippen LogP contribution in [0.15, 0.2) is 40.9 Å². The van der Waals surface area contributed by atoms with Crippen molar-refractivity contribution in [2.24, 2.45) is 13.0 Å². The molecule has 1 fully saturated rings. The fourth-order valence-corrected chi connectivity index (χ4v) is 3.69. The monoisotopic (exact) mass is 396 g/mol. The summed E-state index contributed by atoms with van der Waals surface area (Å²) in [4.78, 5) is 27.0. The third-order valence-corrected chi connectivity index (χ3v) is 5.32. The molecule has 0 aliphatic carbocycles. The van der Waals surface area contributed by atoms with E-state index in [1.807, 2.05) is 29.2 Å². The van der Waals surface area contributed by atoms with Gasteiger partial charge in [-0.25, -0.2) is 0 Å². The van der Waals surface area contributed by atoms with Crippen LogP contribution in [-0.4, -0.2) is 53.2 Å². The number of likely N-dealkylation sites (tertiary alicyclic amines) is 1. The number of nitrogens with one attached hydrogen (secondary N) is 1. The number of furan rings is 1. The summed E-state index contributed by atoms with van der Waals surface area (Å²) >= 11 is 0. The number of fused-ring (bicyclic) bond motifs is 1. The summed E-state index contributed by atoms with van der Waals surface area (Å²) in [5, 5.41) is 7.99. The molecule has 0 atom stereocenters. The molecule has 0 spiro atoms. The summed E-state index contributed by atoms with van der Waals surface area (Å²) in [5.41, 5.74) is 1.15. The molecule has 0 saturated carbocycles. The summed E-state index contributed by atoms with van der Waals surface area (Å²) in [6, 6.07) is 9.40. The first kappa shape index (κ1) is 19.0. The zero-order valence-electron chi connectivity index (χ0n) is 16.6. The summed E-state index contributed by atoms with van der Waals surface area (Å²) in [5.74, 6) is 0.735. The van der Waals surface area contributed by atoms with E-state index >= 15 is 0 Å². The van der Waals surface area contributed by atoms with Crippen molar-refractivity contribution in [2.45, 2.75) is 12.8 Å². The molecule has 1 aliphatic heterocycles. The number of aromatic nitrogens is 2. The number of amides is 2. The van der Waals surface area contributed by atoms with Gasteiger partial charge >= 0.3 is 0 Å². The number of methoxy groups -OCH3 is 1. The molecule has 3 aromatic rings. The maximum atomic E-state index is 12.7. The minimum atomic E-state index is -0.198. The number of benzene rings is 1. The van der Waals surface area contributed by atoms with Crippen molar-refractivity contribution < 1.29 is 18.7 Å². The highest BCUT2D eigenvalue weighted by Gasteiger charge is 2.26. The van der Waals surface area contributed by atoms with E-state index in [4.69, 9.17) is 9.15 Å². The van der Waals surface area contributed by atoms with E-state index in [2.05, 4.69) is 10.4 Å². The molecule has 0 unspecified atom stereocenters. The minimum absolute atomic E-state index is 0.0798. The summed E-state index contributed by atoms with van der Waals surface area (Å²) < 4.78 is 12.4. The van der Waals surface area contributed by atoms with Gasteiger partial charge in [-0.3, -0.25) is 14.3 Å². The molecule has 0 bridgehead atoms. The van der Waals surface area contributed by atoms with Gasteiger partial charge in [0, 0.05) is 38.3 Å². The Bertz CT molecular complexity index is 997. The van der Waals surface area contributed by atoms with Crippen LogP contribution in [0, 0.1) is 5.92 Å². The van der Waals surface area contributed by atoms with Crippen molar-refractivity contribution in [3.63, 3.8) is 0 Å². The molecule has 1 saturated heterocycles. The van der Waals surface area contributed by atoms with Gasteiger partial charge in [-0.05, 0) is 30.9 Å². The summed E-state index contributed by atoms with van der Waals surface area (Å²) in [7, 11) is 3.24. The van der Waals surface area contributed by atoms with Crippen molar-refractivity contribution in [2.75, 3.05) is 26.7 Å². The van der Waals surface area contributed by atoms with E-state index in [9.17, 15) is 9.59 Å². The van der Waals surface area contributed by atoms with Gasteiger partial charge < -0.3 is 19.4 Å². The van der Waals surface area contributed by atoms with Gasteiger partial charge in [0.25, 0.3) is 11.8 Å². The van der Waals surface area contributed by atoms with Crippen LogP contribution in [0.2, 0.25) is 0 Å². The van der Waals surface area contributed by atoms with Gasteiger partial charge in [-0.1, -0.05) is 18.2 Å². The number of rotatable bonds is 5. The van der Waals surface area contributed by atoms with Crippen LogP contribution in [0.1, 0.15) is 33.8 Å². The Morgan fingerprint density at radius 3 is 2.76 bits per heavy atom. The Hall–Kier alpha value is -3.29. The lowest BCUT2D eigenvalue weighted by Crippen LogP contribution is -2.41. The molecular weight excluding hydrogens is 372 g/mol. The van der Waals surface area contributed by atoms with Crippen LogP contribution in [0.5, 0.6) is 5.88 Å². The quantitative estimate of drug-likeness (QED) is 0.716. The van der Waals surface area contributed by atoms with Gasteiger partial charge in [0.05, 0.1) is 7.11 Å². The number of carbonyl (C=O) groups is 2. The number of ether oxygens (including phenoxy) is 1. The maximum absolute atomic E-state index is 12.7. The van der Waals surface area contributed by atoms with Crippen molar-refractivity contribution in [3.05, 3.63) is 47.9 Å². The number of hydrogen-bond acceptors (Lipinski definition) is 5. The first-order valence-electron chi connectivity index (χ1n) is 9.69. The molecule has 8 nitrogen and oxygen atoms in total. The SMILES string of the molecule is COc1nn(C)cc1C(=O)NCC1CCN(C(=O)c2cc3ccccc3o2)CC1. The van der Waals surface area contributed by atoms with E-state index < -0.39 is 0 Å². The zero-order valence-corrected chi connectivity index (χ0v) is 16.6. The zero-order chi connectivity index (χ0) is 20.4. The predicted octanol–water partition coefficient (Wildman–Crippen LogP) is 2.46.